The second-order valence-corrected chi connectivity index (χ2v) is 8.05. The van der Waals surface area contributed by atoms with Gasteiger partial charge in [-0.05, 0) is 24.3 Å². The van der Waals surface area contributed by atoms with Crippen LogP contribution in [-0.2, 0) is 14.2 Å². The van der Waals surface area contributed by atoms with E-state index in [0.717, 1.165) is 22.5 Å². The molecule has 0 amide bonds. The quantitative estimate of drug-likeness (QED) is 0.441. The highest BCUT2D eigenvalue weighted by Crippen LogP contribution is 2.32. The van der Waals surface area contributed by atoms with Crippen LogP contribution < -0.4 is 19.5 Å². The lowest BCUT2D eigenvalue weighted by atomic mass is 10.2. The number of rotatable bonds is 4. The Morgan fingerprint density at radius 2 is 1.54 bits per heavy atom. The SMILES string of the molecule is COc1cccc(-n2ncc3cnc(Nc4ccc5c(c4)OCCOCCOCCOCCO5)nc32)c1. The van der Waals surface area contributed by atoms with E-state index in [1.807, 2.05) is 42.5 Å². The van der Waals surface area contributed by atoms with E-state index in [4.69, 9.17) is 33.4 Å². The Morgan fingerprint density at radius 1 is 0.811 bits per heavy atom. The molecule has 3 heterocycles. The fraction of sp³-hybridized carbons (Fsp3) is 0.346. The first kappa shape index (κ1) is 24.8. The van der Waals surface area contributed by atoms with Gasteiger partial charge in [-0.3, -0.25) is 0 Å². The Kier molecular flexibility index (Phi) is 8.26. The van der Waals surface area contributed by atoms with Crippen molar-refractivity contribution < 1.29 is 28.4 Å². The normalized spacial score (nSPS) is 15.5. The minimum atomic E-state index is 0.374. The van der Waals surface area contributed by atoms with Crippen LogP contribution in [0.2, 0.25) is 0 Å². The number of aromatic nitrogens is 4. The predicted octanol–water partition coefficient (Wildman–Crippen LogP) is 3.39. The first-order chi connectivity index (χ1) is 18.3. The molecule has 37 heavy (non-hydrogen) atoms. The van der Waals surface area contributed by atoms with Crippen molar-refractivity contribution >= 4 is 22.7 Å². The summed E-state index contributed by atoms with van der Waals surface area (Å²) in [5, 5.41) is 8.55. The molecule has 0 spiro atoms. The fourth-order valence-corrected chi connectivity index (χ4v) is 3.72. The van der Waals surface area contributed by atoms with Crippen molar-refractivity contribution in [3.05, 3.63) is 54.9 Å². The van der Waals surface area contributed by atoms with Crippen LogP contribution in [0, 0.1) is 0 Å². The molecule has 11 heteroatoms. The fourth-order valence-electron chi connectivity index (χ4n) is 3.72. The van der Waals surface area contributed by atoms with Crippen LogP contribution in [0.3, 0.4) is 0 Å². The van der Waals surface area contributed by atoms with Crippen LogP contribution >= 0.6 is 0 Å². The summed E-state index contributed by atoms with van der Waals surface area (Å²) in [4.78, 5) is 9.15. The molecular formula is C26H29N5O6. The van der Waals surface area contributed by atoms with Gasteiger partial charge in [0, 0.05) is 24.0 Å². The summed E-state index contributed by atoms with van der Waals surface area (Å²) >= 11 is 0. The van der Waals surface area contributed by atoms with Gasteiger partial charge >= 0.3 is 0 Å². The zero-order valence-corrected chi connectivity index (χ0v) is 20.6. The van der Waals surface area contributed by atoms with Gasteiger partial charge in [0.15, 0.2) is 17.1 Å². The van der Waals surface area contributed by atoms with E-state index in [0.29, 0.717) is 75.9 Å². The largest absolute Gasteiger partial charge is 0.497 e. The molecule has 1 aliphatic heterocycles. The van der Waals surface area contributed by atoms with Crippen LogP contribution in [0.15, 0.2) is 54.9 Å². The van der Waals surface area contributed by atoms with Crippen LogP contribution in [0.1, 0.15) is 0 Å². The third-order valence-electron chi connectivity index (χ3n) is 5.52. The molecular weight excluding hydrogens is 478 g/mol. The summed E-state index contributed by atoms with van der Waals surface area (Å²) in [5.74, 6) is 2.36. The van der Waals surface area contributed by atoms with E-state index in [1.165, 1.54) is 0 Å². The number of nitrogens with zero attached hydrogens (tertiary/aromatic N) is 4. The van der Waals surface area contributed by atoms with Gasteiger partial charge in [-0.25, -0.2) is 9.67 Å². The second-order valence-electron chi connectivity index (χ2n) is 8.05. The van der Waals surface area contributed by atoms with E-state index in [9.17, 15) is 0 Å². The van der Waals surface area contributed by atoms with Gasteiger partial charge in [0.1, 0.15) is 19.0 Å². The standard InChI is InChI=1S/C26H29N5O6/c1-32-22-4-2-3-21(16-22)31-25-19(18-28-31)17-27-26(30-25)29-20-5-6-23-24(15-20)37-14-12-35-10-8-33-7-9-34-11-13-36-23/h2-6,15-18H,7-14H2,1H3,(H,27,29,30). The summed E-state index contributed by atoms with van der Waals surface area (Å²) in [6.45, 7) is 3.72. The molecule has 4 aromatic rings. The van der Waals surface area contributed by atoms with E-state index in [1.54, 1.807) is 24.2 Å². The molecule has 0 radical (unpaired) electrons. The average molecular weight is 508 g/mol. The summed E-state index contributed by atoms with van der Waals surface area (Å²) in [5.41, 5.74) is 2.25. The number of fused-ring (bicyclic) bond motifs is 2. The highest BCUT2D eigenvalue weighted by molar-refractivity contribution is 5.77. The predicted molar refractivity (Wildman–Crippen MR) is 136 cm³/mol. The maximum Gasteiger partial charge on any atom is 0.229 e. The number of nitrogens with one attached hydrogen (secondary N) is 1. The maximum atomic E-state index is 5.96. The van der Waals surface area contributed by atoms with Crippen molar-refractivity contribution in [1.29, 1.82) is 0 Å². The Balaban J connectivity index is 1.35. The molecule has 1 N–H and O–H groups in total. The lowest BCUT2D eigenvalue weighted by molar-refractivity contribution is 0.00708. The highest BCUT2D eigenvalue weighted by Gasteiger charge is 2.12. The maximum absolute atomic E-state index is 5.96. The van der Waals surface area contributed by atoms with Gasteiger partial charge in [0.25, 0.3) is 0 Å². The molecule has 0 aliphatic carbocycles. The van der Waals surface area contributed by atoms with E-state index in [2.05, 4.69) is 15.4 Å². The molecule has 0 atom stereocenters. The van der Waals surface area contributed by atoms with Crippen LogP contribution in [0.5, 0.6) is 17.2 Å². The molecule has 5 rings (SSSR count). The summed E-state index contributed by atoms with van der Waals surface area (Å²) < 4.78 is 35.5. The lowest BCUT2D eigenvalue weighted by Crippen LogP contribution is -2.13. The summed E-state index contributed by atoms with van der Waals surface area (Å²) in [6, 6.07) is 13.2. The Morgan fingerprint density at radius 3 is 2.30 bits per heavy atom. The second kappa shape index (κ2) is 12.3. The number of benzene rings is 2. The number of methoxy groups -OCH3 is 1. The summed E-state index contributed by atoms with van der Waals surface area (Å²) in [7, 11) is 1.63. The molecule has 0 fully saturated rings. The smallest absolute Gasteiger partial charge is 0.229 e. The third kappa shape index (κ3) is 6.45. The number of hydrogen-bond acceptors (Lipinski definition) is 10. The van der Waals surface area contributed by atoms with Crippen molar-refractivity contribution in [2.45, 2.75) is 0 Å². The van der Waals surface area contributed by atoms with Crippen molar-refractivity contribution in [2.24, 2.45) is 0 Å². The van der Waals surface area contributed by atoms with Crippen molar-refractivity contribution in [3.63, 3.8) is 0 Å². The average Bonchev–Trinajstić information content (AvgIpc) is 3.35. The molecule has 0 saturated heterocycles. The first-order valence-electron chi connectivity index (χ1n) is 12.1. The Hall–Kier alpha value is -3.93. The molecule has 2 aromatic heterocycles. The van der Waals surface area contributed by atoms with Gasteiger partial charge < -0.3 is 33.7 Å². The van der Waals surface area contributed by atoms with Gasteiger partial charge in [0.05, 0.1) is 64.0 Å². The first-order valence-corrected chi connectivity index (χ1v) is 12.1. The van der Waals surface area contributed by atoms with Crippen LogP contribution in [0.4, 0.5) is 11.6 Å². The zero-order valence-electron chi connectivity index (χ0n) is 20.6. The van der Waals surface area contributed by atoms with Gasteiger partial charge in [-0.1, -0.05) is 6.07 Å². The third-order valence-corrected chi connectivity index (χ3v) is 5.52. The van der Waals surface area contributed by atoms with E-state index < -0.39 is 0 Å². The monoisotopic (exact) mass is 507 g/mol. The molecule has 2 aromatic carbocycles. The number of anilines is 2. The summed E-state index contributed by atoms with van der Waals surface area (Å²) in [6.07, 6.45) is 3.46. The van der Waals surface area contributed by atoms with Crippen LogP contribution in [-0.4, -0.2) is 79.7 Å². The van der Waals surface area contributed by atoms with Gasteiger partial charge in [-0.2, -0.15) is 10.1 Å². The molecule has 0 bridgehead atoms. The molecule has 1 aliphatic rings. The van der Waals surface area contributed by atoms with Crippen LogP contribution in [0.25, 0.3) is 16.7 Å². The van der Waals surface area contributed by atoms with Crippen molar-refractivity contribution in [2.75, 3.05) is 65.3 Å². The van der Waals surface area contributed by atoms with Crippen molar-refractivity contribution in [1.82, 2.24) is 19.7 Å². The van der Waals surface area contributed by atoms with E-state index >= 15 is 0 Å². The number of hydrogen-bond donors (Lipinski definition) is 1. The Labute approximate surface area is 214 Å². The molecule has 11 nitrogen and oxygen atoms in total. The molecule has 0 unspecified atom stereocenters. The lowest BCUT2D eigenvalue weighted by Gasteiger charge is -2.15. The topological polar surface area (TPSA) is 111 Å². The molecule has 194 valence electrons. The molecule has 0 saturated carbocycles. The Bertz CT molecular complexity index is 1310. The van der Waals surface area contributed by atoms with Gasteiger partial charge in [-0.15, -0.1) is 0 Å². The van der Waals surface area contributed by atoms with E-state index in [-0.39, 0.29) is 0 Å². The minimum absolute atomic E-state index is 0.374. The zero-order chi connectivity index (χ0) is 25.3. The number of ether oxygens (including phenoxy) is 6. The van der Waals surface area contributed by atoms with Gasteiger partial charge in [0.2, 0.25) is 5.95 Å². The minimum Gasteiger partial charge on any atom is -0.497 e. The van der Waals surface area contributed by atoms with Crippen molar-refractivity contribution in [3.8, 4) is 22.9 Å². The highest BCUT2D eigenvalue weighted by atomic mass is 16.6.